The van der Waals surface area contributed by atoms with Gasteiger partial charge >= 0.3 is 6.03 Å². The van der Waals surface area contributed by atoms with Crippen LogP contribution in [0, 0.1) is 0 Å². The third kappa shape index (κ3) is 2.69. The minimum absolute atomic E-state index is 0.167. The summed E-state index contributed by atoms with van der Waals surface area (Å²) in [7, 11) is 0. The number of benzene rings is 1. The highest BCUT2D eigenvalue weighted by Gasteiger charge is 2.48. The summed E-state index contributed by atoms with van der Waals surface area (Å²) < 4.78 is 10.6. The molecule has 0 spiro atoms. The number of ketones is 1. The van der Waals surface area contributed by atoms with E-state index in [1.165, 1.54) is 0 Å². The molecule has 0 bridgehead atoms. The van der Waals surface area contributed by atoms with E-state index in [1.54, 1.807) is 37.4 Å². The summed E-state index contributed by atoms with van der Waals surface area (Å²) in [5.41, 5.74) is 0.0544. The topological polar surface area (TPSA) is 101 Å². The molecular formula is C18H17N3O5. The molecule has 2 aliphatic rings. The zero-order valence-corrected chi connectivity index (χ0v) is 14.1. The van der Waals surface area contributed by atoms with Crippen LogP contribution in [-0.2, 0) is 11.2 Å². The van der Waals surface area contributed by atoms with Gasteiger partial charge in [0.25, 0.3) is 5.91 Å². The Morgan fingerprint density at radius 2 is 2.04 bits per heavy atom. The first-order valence-corrected chi connectivity index (χ1v) is 8.15. The van der Waals surface area contributed by atoms with E-state index in [0.29, 0.717) is 17.2 Å². The van der Waals surface area contributed by atoms with Crippen molar-refractivity contribution in [1.29, 1.82) is 0 Å². The molecule has 0 unspecified atom stereocenters. The van der Waals surface area contributed by atoms with Crippen molar-refractivity contribution in [3.63, 3.8) is 0 Å². The molecule has 8 heteroatoms. The van der Waals surface area contributed by atoms with Crippen molar-refractivity contribution >= 4 is 17.7 Å². The van der Waals surface area contributed by atoms with E-state index in [2.05, 4.69) is 10.3 Å². The minimum Gasteiger partial charge on any atom is -0.454 e. The highest BCUT2D eigenvalue weighted by Crippen LogP contribution is 2.34. The molecule has 4 rings (SSSR count). The molecule has 1 fully saturated rings. The molecule has 1 saturated heterocycles. The van der Waals surface area contributed by atoms with Gasteiger partial charge in [0.2, 0.25) is 6.79 Å². The van der Waals surface area contributed by atoms with Gasteiger partial charge in [0.15, 0.2) is 17.3 Å². The molecule has 3 heterocycles. The van der Waals surface area contributed by atoms with Gasteiger partial charge in [0.05, 0.1) is 12.2 Å². The van der Waals surface area contributed by atoms with Crippen LogP contribution in [0.4, 0.5) is 4.79 Å². The Labute approximate surface area is 149 Å². The molecule has 0 saturated carbocycles. The molecular weight excluding hydrogens is 338 g/mol. The third-order valence-electron chi connectivity index (χ3n) is 4.54. The number of Topliss-reactive ketones (excluding diaryl/α,β-unsaturated/α-hetero) is 1. The van der Waals surface area contributed by atoms with Crippen LogP contribution in [0.15, 0.2) is 36.5 Å². The lowest BCUT2D eigenvalue weighted by Crippen LogP contribution is -2.46. The molecule has 2 aromatic rings. The number of carbonyl (C=O) groups is 3. The highest BCUT2D eigenvalue weighted by molar-refractivity contribution is 6.10. The van der Waals surface area contributed by atoms with E-state index >= 15 is 0 Å². The lowest BCUT2D eigenvalue weighted by atomic mass is 9.92. The number of nitrogens with one attached hydrogen (secondary N) is 2. The Balaban J connectivity index is 1.51. The zero-order valence-electron chi connectivity index (χ0n) is 14.1. The van der Waals surface area contributed by atoms with Crippen molar-refractivity contribution in [2.45, 2.75) is 18.9 Å². The number of urea groups is 1. The zero-order chi connectivity index (χ0) is 18.3. The van der Waals surface area contributed by atoms with Crippen LogP contribution >= 0.6 is 0 Å². The van der Waals surface area contributed by atoms with E-state index in [9.17, 15) is 14.4 Å². The number of fused-ring (bicyclic) bond motifs is 1. The van der Waals surface area contributed by atoms with Crippen molar-refractivity contribution in [3.8, 4) is 11.5 Å². The molecule has 2 N–H and O–H groups in total. The second-order valence-corrected chi connectivity index (χ2v) is 6.52. The number of rotatable bonds is 5. The Morgan fingerprint density at radius 1 is 1.23 bits per heavy atom. The smallest absolute Gasteiger partial charge is 0.325 e. The first-order chi connectivity index (χ1) is 12.5. The van der Waals surface area contributed by atoms with E-state index < -0.39 is 17.5 Å². The first-order valence-electron chi connectivity index (χ1n) is 8.15. The number of aromatic nitrogens is 1. The second kappa shape index (κ2) is 5.91. The largest absolute Gasteiger partial charge is 0.454 e. The number of carbonyl (C=O) groups excluding carboxylic acids is 3. The normalized spacial score (nSPS) is 21.2. The number of nitrogens with zero attached hydrogens (tertiary/aromatic N) is 1. The number of amides is 3. The Bertz CT molecular complexity index is 892. The van der Waals surface area contributed by atoms with Gasteiger partial charge in [-0.2, -0.15) is 0 Å². The summed E-state index contributed by atoms with van der Waals surface area (Å²) in [6, 6.07) is 8.10. The molecule has 3 amide bonds. The van der Waals surface area contributed by atoms with E-state index in [-0.39, 0.29) is 25.5 Å². The maximum atomic E-state index is 12.8. The van der Waals surface area contributed by atoms with Gasteiger partial charge in [-0.1, -0.05) is 6.07 Å². The molecule has 26 heavy (non-hydrogen) atoms. The summed E-state index contributed by atoms with van der Waals surface area (Å²) in [4.78, 5) is 41.0. The number of hydrogen-bond donors (Lipinski definition) is 2. The summed E-state index contributed by atoms with van der Waals surface area (Å²) in [5, 5.41) is 2.70. The number of hydrogen-bond acceptors (Lipinski definition) is 5. The standard InChI is InChI=1S/C18H17N3O5/c1-18(8-11-4-5-14-15(7-11)26-10-25-14)16(23)21(17(24)20-18)9-13(22)12-3-2-6-19-12/h2-7,19H,8-10H2,1H3,(H,20,24)/t18-/m0/s1. The number of imide groups is 1. The van der Waals surface area contributed by atoms with Crippen molar-refractivity contribution in [3.05, 3.63) is 47.8 Å². The van der Waals surface area contributed by atoms with Crippen molar-refractivity contribution in [2.75, 3.05) is 13.3 Å². The number of aromatic amines is 1. The predicted octanol–water partition coefficient (Wildman–Crippen LogP) is 1.48. The predicted molar refractivity (Wildman–Crippen MR) is 90.0 cm³/mol. The van der Waals surface area contributed by atoms with Crippen LogP contribution in [0.1, 0.15) is 23.0 Å². The maximum absolute atomic E-state index is 12.8. The third-order valence-corrected chi connectivity index (χ3v) is 4.54. The summed E-state index contributed by atoms with van der Waals surface area (Å²) >= 11 is 0. The van der Waals surface area contributed by atoms with Crippen LogP contribution in [0.3, 0.4) is 0 Å². The van der Waals surface area contributed by atoms with Crippen LogP contribution < -0.4 is 14.8 Å². The molecule has 1 aromatic heterocycles. The van der Waals surface area contributed by atoms with Crippen molar-refractivity contribution in [2.24, 2.45) is 0 Å². The fraction of sp³-hybridized carbons (Fsp3) is 0.278. The fourth-order valence-electron chi connectivity index (χ4n) is 3.20. The van der Waals surface area contributed by atoms with Crippen molar-refractivity contribution < 1.29 is 23.9 Å². The quantitative estimate of drug-likeness (QED) is 0.625. The Hall–Kier alpha value is -3.29. The monoisotopic (exact) mass is 355 g/mol. The van der Waals surface area contributed by atoms with Gasteiger partial charge in [0.1, 0.15) is 5.54 Å². The fourth-order valence-corrected chi connectivity index (χ4v) is 3.20. The second-order valence-electron chi connectivity index (χ2n) is 6.52. The number of ether oxygens (including phenoxy) is 2. The minimum atomic E-state index is -1.12. The van der Waals surface area contributed by atoms with Crippen LogP contribution in [0.2, 0.25) is 0 Å². The molecule has 8 nitrogen and oxygen atoms in total. The lowest BCUT2D eigenvalue weighted by molar-refractivity contribution is -0.130. The van der Waals surface area contributed by atoms with Crippen LogP contribution in [-0.4, -0.2) is 46.5 Å². The molecule has 0 radical (unpaired) electrons. The van der Waals surface area contributed by atoms with E-state index in [1.807, 2.05) is 6.07 Å². The average molecular weight is 355 g/mol. The lowest BCUT2D eigenvalue weighted by Gasteiger charge is -2.21. The summed E-state index contributed by atoms with van der Waals surface area (Å²) in [6.45, 7) is 1.51. The van der Waals surface area contributed by atoms with Crippen molar-refractivity contribution in [1.82, 2.24) is 15.2 Å². The summed E-state index contributed by atoms with van der Waals surface area (Å²) in [5.74, 6) is 0.506. The van der Waals surface area contributed by atoms with Gasteiger partial charge in [-0.05, 0) is 36.8 Å². The number of H-pyrrole nitrogens is 1. The molecule has 0 aliphatic carbocycles. The van der Waals surface area contributed by atoms with Gasteiger partial charge in [0, 0.05) is 12.6 Å². The van der Waals surface area contributed by atoms with E-state index in [4.69, 9.17) is 9.47 Å². The molecule has 2 aliphatic heterocycles. The first kappa shape index (κ1) is 16.2. The van der Waals surface area contributed by atoms with Crippen LogP contribution in [0.25, 0.3) is 0 Å². The average Bonchev–Trinajstić information content (AvgIpc) is 3.32. The van der Waals surface area contributed by atoms with Gasteiger partial charge in [-0.15, -0.1) is 0 Å². The van der Waals surface area contributed by atoms with Crippen LogP contribution in [0.5, 0.6) is 11.5 Å². The Kier molecular flexibility index (Phi) is 3.68. The summed E-state index contributed by atoms with van der Waals surface area (Å²) in [6.07, 6.45) is 1.89. The maximum Gasteiger partial charge on any atom is 0.325 e. The molecule has 1 atom stereocenters. The van der Waals surface area contributed by atoms with Gasteiger partial charge < -0.3 is 19.8 Å². The highest BCUT2D eigenvalue weighted by atomic mass is 16.7. The molecule has 1 aromatic carbocycles. The molecule has 134 valence electrons. The van der Waals surface area contributed by atoms with Gasteiger partial charge in [-0.3, -0.25) is 14.5 Å². The SMILES string of the molecule is C[C@@]1(Cc2ccc3c(c2)OCO3)NC(=O)N(CC(=O)c2ccc[nH]2)C1=O. The van der Waals surface area contributed by atoms with E-state index in [0.717, 1.165) is 10.5 Å². The van der Waals surface area contributed by atoms with Gasteiger partial charge in [-0.25, -0.2) is 4.79 Å². The Morgan fingerprint density at radius 3 is 2.81 bits per heavy atom.